The van der Waals surface area contributed by atoms with Crippen LogP contribution < -0.4 is 21.3 Å². The van der Waals surface area contributed by atoms with Crippen LogP contribution in [0.4, 0.5) is 22.1 Å². The molecular weight excluding hydrogens is 420 g/mol. The monoisotopic (exact) mass is 452 g/mol. The SMILES string of the molecule is CN1CCN([C@@H]2CCCN(c3cnc(C(N)O)c(Nc4ccc5c(c4)CNCC5)n3)C2)C1=O. The van der Waals surface area contributed by atoms with E-state index in [2.05, 4.69) is 32.7 Å². The van der Waals surface area contributed by atoms with Crippen LogP contribution in [0.5, 0.6) is 0 Å². The first-order valence-corrected chi connectivity index (χ1v) is 11.7. The topological polar surface area (TPSA) is 123 Å². The number of anilines is 3. The fourth-order valence-corrected chi connectivity index (χ4v) is 4.97. The number of piperidine rings is 1. The Kier molecular flexibility index (Phi) is 6.05. The Morgan fingerprint density at radius 2 is 2.15 bits per heavy atom. The number of amides is 2. The van der Waals surface area contributed by atoms with Crippen molar-refractivity contribution in [1.29, 1.82) is 0 Å². The lowest BCUT2D eigenvalue weighted by molar-refractivity contribution is 0.175. The molecule has 2 atom stereocenters. The van der Waals surface area contributed by atoms with E-state index in [4.69, 9.17) is 10.7 Å². The molecule has 3 aliphatic heterocycles. The Bertz CT molecular complexity index is 1030. The van der Waals surface area contributed by atoms with E-state index in [0.29, 0.717) is 23.9 Å². The third-order valence-corrected chi connectivity index (χ3v) is 6.83. The fourth-order valence-electron chi connectivity index (χ4n) is 4.97. The summed E-state index contributed by atoms with van der Waals surface area (Å²) in [7, 11) is 1.85. The fraction of sp³-hybridized carbons (Fsp3) is 0.522. The second kappa shape index (κ2) is 9.12. The van der Waals surface area contributed by atoms with Crippen LogP contribution in [0.15, 0.2) is 24.4 Å². The van der Waals surface area contributed by atoms with Crippen molar-refractivity contribution in [2.24, 2.45) is 5.73 Å². The summed E-state index contributed by atoms with van der Waals surface area (Å²) in [6.45, 7) is 4.91. The molecule has 33 heavy (non-hydrogen) atoms. The first-order chi connectivity index (χ1) is 16.0. The lowest BCUT2D eigenvalue weighted by Crippen LogP contribution is -2.49. The summed E-state index contributed by atoms with van der Waals surface area (Å²) in [5.74, 6) is 1.16. The van der Waals surface area contributed by atoms with Gasteiger partial charge in [-0.05, 0) is 49.1 Å². The Labute approximate surface area is 193 Å². The summed E-state index contributed by atoms with van der Waals surface area (Å²) < 4.78 is 0. The summed E-state index contributed by atoms with van der Waals surface area (Å²) >= 11 is 0. The molecule has 0 spiro atoms. The molecule has 0 aliphatic carbocycles. The minimum Gasteiger partial charge on any atom is -0.373 e. The van der Waals surface area contributed by atoms with Gasteiger partial charge < -0.3 is 36.2 Å². The van der Waals surface area contributed by atoms with Crippen LogP contribution >= 0.6 is 0 Å². The second-order valence-electron chi connectivity index (χ2n) is 9.08. The van der Waals surface area contributed by atoms with Crippen LogP contribution in [0.3, 0.4) is 0 Å². The quantitative estimate of drug-likeness (QED) is 0.499. The van der Waals surface area contributed by atoms with E-state index in [1.807, 2.05) is 18.0 Å². The van der Waals surface area contributed by atoms with Crippen molar-refractivity contribution in [2.75, 3.05) is 50.0 Å². The number of aliphatic hydroxyl groups excluding tert-OH is 1. The molecule has 5 N–H and O–H groups in total. The highest BCUT2D eigenvalue weighted by Gasteiger charge is 2.34. The second-order valence-corrected chi connectivity index (χ2v) is 9.08. The highest BCUT2D eigenvalue weighted by molar-refractivity contribution is 5.76. The van der Waals surface area contributed by atoms with E-state index in [0.717, 1.165) is 57.7 Å². The zero-order valence-electron chi connectivity index (χ0n) is 19.0. The summed E-state index contributed by atoms with van der Waals surface area (Å²) in [4.78, 5) is 27.6. The number of nitrogens with one attached hydrogen (secondary N) is 2. The van der Waals surface area contributed by atoms with Crippen LogP contribution in [0.2, 0.25) is 0 Å². The number of carbonyl (C=O) groups is 1. The molecule has 0 saturated carbocycles. The molecule has 4 heterocycles. The van der Waals surface area contributed by atoms with E-state index < -0.39 is 6.23 Å². The molecule has 2 amide bonds. The van der Waals surface area contributed by atoms with Crippen molar-refractivity contribution >= 4 is 23.4 Å². The number of aliphatic hydroxyl groups is 1. The van der Waals surface area contributed by atoms with Crippen molar-refractivity contribution in [3.05, 3.63) is 41.2 Å². The van der Waals surface area contributed by atoms with Gasteiger partial charge in [0.05, 0.1) is 12.2 Å². The average Bonchev–Trinajstić information content (AvgIpc) is 3.17. The lowest BCUT2D eigenvalue weighted by atomic mass is 10.0. The first kappa shape index (κ1) is 21.9. The van der Waals surface area contributed by atoms with Gasteiger partial charge in [0.15, 0.2) is 5.82 Å². The maximum absolute atomic E-state index is 12.5. The van der Waals surface area contributed by atoms with E-state index in [1.165, 1.54) is 11.1 Å². The Morgan fingerprint density at radius 3 is 2.94 bits per heavy atom. The van der Waals surface area contributed by atoms with Crippen LogP contribution in [-0.2, 0) is 13.0 Å². The third-order valence-electron chi connectivity index (χ3n) is 6.83. The Hall–Kier alpha value is -2.95. The van der Waals surface area contributed by atoms with Crippen LogP contribution in [0.25, 0.3) is 0 Å². The number of hydrogen-bond donors (Lipinski definition) is 4. The molecule has 2 aromatic rings. The van der Waals surface area contributed by atoms with Gasteiger partial charge in [-0.25, -0.2) is 14.8 Å². The largest absolute Gasteiger partial charge is 0.373 e. The molecule has 3 aliphatic rings. The lowest BCUT2D eigenvalue weighted by Gasteiger charge is -2.38. The van der Waals surface area contributed by atoms with Gasteiger partial charge in [0.25, 0.3) is 0 Å². The van der Waals surface area contributed by atoms with Gasteiger partial charge in [-0.1, -0.05) is 6.07 Å². The summed E-state index contributed by atoms with van der Waals surface area (Å²) in [5.41, 5.74) is 9.57. The highest BCUT2D eigenvalue weighted by Crippen LogP contribution is 2.28. The zero-order valence-corrected chi connectivity index (χ0v) is 19.0. The van der Waals surface area contributed by atoms with Crippen LogP contribution in [0, 0.1) is 0 Å². The van der Waals surface area contributed by atoms with E-state index in [-0.39, 0.29) is 12.1 Å². The molecule has 176 valence electrons. The van der Waals surface area contributed by atoms with E-state index in [9.17, 15) is 9.90 Å². The van der Waals surface area contributed by atoms with Gasteiger partial charge in [0.2, 0.25) is 0 Å². The number of hydrogen-bond acceptors (Lipinski definition) is 8. The number of likely N-dealkylation sites (N-methyl/N-ethyl adjacent to an activating group) is 1. The van der Waals surface area contributed by atoms with E-state index >= 15 is 0 Å². The van der Waals surface area contributed by atoms with E-state index in [1.54, 1.807) is 11.1 Å². The number of fused-ring (bicyclic) bond motifs is 1. The molecule has 10 heteroatoms. The molecule has 0 bridgehead atoms. The van der Waals surface area contributed by atoms with Crippen molar-refractivity contribution in [1.82, 2.24) is 25.1 Å². The maximum Gasteiger partial charge on any atom is 0.320 e. The molecule has 1 aromatic carbocycles. The number of nitrogens with zero attached hydrogens (tertiary/aromatic N) is 5. The van der Waals surface area contributed by atoms with Gasteiger partial charge in [0.1, 0.15) is 17.7 Å². The molecule has 1 unspecified atom stereocenters. The highest BCUT2D eigenvalue weighted by atomic mass is 16.3. The average molecular weight is 453 g/mol. The van der Waals surface area contributed by atoms with Crippen LogP contribution in [-0.4, -0.2) is 76.7 Å². The number of urea groups is 1. The molecule has 2 fully saturated rings. The van der Waals surface area contributed by atoms with Crippen molar-refractivity contribution < 1.29 is 9.90 Å². The number of aromatic nitrogens is 2. The summed E-state index contributed by atoms with van der Waals surface area (Å²) in [6.07, 6.45) is 3.40. The van der Waals surface area contributed by atoms with Gasteiger partial charge in [0, 0.05) is 45.5 Å². The first-order valence-electron chi connectivity index (χ1n) is 11.7. The number of rotatable bonds is 5. The minimum absolute atomic E-state index is 0.0961. The van der Waals surface area contributed by atoms with Gasteiger partial charge in [-0.2, -0.15) is 0 Å². The number of nitrogens with two attached hydrogens (primary N) is 1. The molecule has 2 saturated heterocycles. The van der Waals surface area contributed by atoms with Crippen molar-refractivity contribution in [3.8, 4) is 0 Å². The van der Waals surface area contributed by atoms with Gasteiger partial charge >= 0.3 is 6.03 Å². The third kappa shape index (κ3) is 4.46. The molecule has 0 radical (unpaired) electrons. The minimum atomic E-state index is -1.24. The zero-order chi connectivity index (χ0) is 22.9. The smallest absolute Gasteiger partial charge is 0.320 e. The Balaban J connectivity index is 1.38. The van der Waals surface area contributed by atoms with Crippen molar-refractivity contribution in [3.63, 3.8) is 0 Å². The normalized spacial score (nSPS) is 21.8. The predicted octanol–water partition coefficient (Wildman–Crippen LogP) is 1.15. The van der Waals surface area contributed by atoms with Crippen LogP contribution in [0.1, 0.15) is 35.9 Å². The molecule has 1 aromatic heterocycles. The number of carbonyl (C=O) groups excluding carboxylic acids is 1. The Morgan fingerprint density at radius 1 is 1.27 bits per heavy atom. The van der Waals surface area contributed by atoms with Crippen molar-refractivity contribution in [2.45, 2.75) is 38.1 Å². The summed E-state index contributed by atoms with van der Waals surface area (Å²) in [6, 6.07) is 6.52. The van der Waals surface area contributed by atoms with Gasteiger partial charge in [-0.3, -0.25) is 0 Å². The van der Waals surface area contributed by atoms with Gasteiger partial charge in [-0.15, -0.1) is 0 Å². The summed E-state index contributed by atoms with van der Waals surface area (Å²) in [5, 5.41) is 16.8. The molecular formula is C23H32N8O2. The molecule has 10 nitrogen and oxygen atoms in total. The molecule has 5 rings (SSSR count). The standard InChI is InChI=1S/C23H32N8O2/c1-29-9-10-31(23(29)33)18-3-2-8-30(14-18)19-13-26-20(21(24)32)22(28-19)27-17-5-4-15-6-7-25-12-16(15)11-17/h4-5,11,13,18,21,25,32H,2-3,6-10,12,14,24H2,1H3,(H,27,28)/t18-,21?/m1/s1. The number of benzene rings is 1. The predicted molar refractivity (Wildman–Crippen MR) is 126 cm³/mol. The maximum atomic E-state index is 12.5.